The van der Waals surface area contributed by atoms with E-state index < -0.39 is 0 Å². The molecule has 0 bridgehead atoms. The van der Waals surface area contributed by atoms with Crippen LogP contribution in [0.15, 0.2) is 18.3 Å². The summed E-state index contributed by atoms with van der Waals surface area (Å²) < 4.78 is 11.1. The molecular weight excluding hydrogens is 346 g/mol. The first kappa shape index (κ1) is 17.7. The summed E-state index contributed by atoms with van der Waals surface area (Å²) in [6.45, 7) is 6.11. The number of phenolic OH excluding ortho intramolecular Hbond substituents is 1. The average Bonchev–Trinajstić information content (AvgIpc) is 3.10. The Labute approximate surface area is 158 Å². The van der Waals surface area contributed by atoms with E-state index in [-0.39, 0.29) is 17.6 Å². The van der Waals surface area contributed by atoms with E-state index in [1.165, 1.54) is 0 Å². The Kier molecular flexibility index (Phi) is 4.70. The molecule has 4 rings (SSSR count). The van der Waals surface area contributed by atoms with E-state index in [4.69, 9.17) is 9.47 Å². The highest BCUT2D eigenvalue weighted by Crippen LogP contribution is 2.38. The molecule has 1 amide bonds. The maximum Gasteiger partial charge on any atom is 0.228 e. The first-order valence-electron chi connectivity index (χ1n) is 9.19. The van der Waals surface area contributed by atoms with Crippen LogP contribution in [-0.4, -0.2) is 52.2 Å². The average molecular weight is 369 g/mol. The van der Waals surface area contributed by atoms with Gasteiger partial charge in [-0.2, -0.15) is 0 Å². The Bertz CT molecular complexity index is 878. The molecule has 0 spiro atoms. The zero-order valence-corrected chi connectivity index (χ0v) is 15.6. The van der Waals surface area contributed by atoms with Crippen LogP contribution in [0, 0.1) is 19.8 Å². The molecular formula is C20H23N3O4. The smallest absolute Gasteiger partial charge is 0.228 e. The molecule has 2 aliphatic heterocycles. The van der Waals surface area contributed by atoms with E-state index in [0.29, 0.717) is 38.7 Å². The second kappa shape index (κ2) is 7.15. The number of fused-ring (bicyclic) bond motifs is 1. The van der Waals surface area contributed by atoms with Gasteiger partial charge in [0.2, 0.25) is 5.91 Å². The number of amides is 1. The summed E-state index contributed by atoms with van der Waals surface area (Å²) >= 11 is 0. The van der Waals surface area contributed by atoms with E-state index in [0.717, 1.165) is 34.6 Å². The largest absolute Gasteiger partial charge is 0.504 e. The van der Waals surface area contributed by atoms with Crippen LogP contribution in [0.3, 0.4) is 0 Å². The lowest BCUT2D eigenvalue weighted by atomic mass is 10.0. The molecule has 1 aromatic carbocycles. The highest BCUT2D eigenvalue weighted by atomic mass is 16.5. The molecule has 27 heavy (non-hydrogen) atoms. The fraction of sp³-hybridized carbons (Fsp3) is 0.450. The minimum atomic E-state index is -0.0896. The van der Waals surface area contributed by atoms with Gasteiger partial charge in [-0.25, -0.2) is 4.98 Å². The van der Waals surface area contributed by atoms with Gasteiger partial charge in [-0.1, -0.05) is 0 Å². The van der Waals surface area contributed by atoms with Crippen molar-refractivity contribution >= 4 is 5.91 Å². The Balaban J connectivity index is 1.69. The number of carbonyl (C=O) groups excluding carboxylic acids is 1. The molecule has 0 saturated carbocycles. The highest BCUT2D eigenvalue weighted by Gasteiger charge is 2.30. The molecule has 7 nitrogen and oxygen atoms in total. The van der Waals surface area contributed by atoms with Crippen LogP contribution in [0.4, 0.5) is 0 Å². The Morgan fingerprint density at radius 1 is 1.30 bits per heavy atom. The minimum absolute atomic E-state index is 0.0590. The van der Waals surface area contributed by atoms with Gasteiger partial charge in [0.05, 0.1) is 36.2 Å². The molecule has 2 aromatic rings. The van der Waals surface area contributed by atoms with Gasteiger partial charge in [0.25, 0.3) is 0 Å². The molecule has 1 saturated heterocycles. The molecule has 1 N–H and O–H groups in total. The van der Waals surface area contributed by atoms with Crippen molar-refractivity contribution in [1.29, 1.82) is 0 Å². The third kappa shape index (κ3) is 3.47. The van der Waals surface area contributed by atoms with Crippen molar-refractivity contribution < 1.29 is 19.4 Å². The number of rotatable bonds is 2. The van der Waals surface area contributed by atoms with Gasteiger partial charge in [-0.05, 0) is 32.4 Å². The Hall–Kier alpha value is -2.67. The summed E-state index contributed by atoms with van der Waals surface area (Å²) in [4.78, 5) is 23.5. The van der Waals surface area contributed by atoms with Crippen LogP contribution in [0.2, 0.25) is 0 Å². The predicted octanol–water partition coefficient (Wildman–Crippen LogP) is 2.22. The summed E-state index contributed by atoms with van der Waals surface area (Å²) in [6.07, 6.45) is 2.47. The lowest BCUT2D eigenvalue weighted by molar-refractivity contribution is -0.136. The molecule has 0 radical (unpaired) electrons. The monoisotopic (exact) mass is 369 g/mol. The van der Waals surface area contributed by atoms with Crippen molar-refractivity contribution in [2.75, 3.05) is 26.4 Å². The molecule has 142 valence electrons. The third-order valence-corrected chi connectivity index (χ3v) is 5.05. The number of hydrogen-bond acceptors (Lipinski definition) is 6. The van der Waals surface area contributed by atoms with Gasteiger partial charge in [0, 0.05) is 30.5 Å². The molecule has 7 heteroatoms. The van der Waals surface area contributed by atoms with E-state index in [1.54, 1.807) is 17.2 Å². The maximum atomic E-state index is 12.8. The zero-order valence-electron chi connectivity index (χ0n) is 15.6. The molecule has 0 unspecified atom stereocenters. The number of phenols is 1. The summed E-state index contributed by atoms with van der Waals surface area (Å²) in [7, 11) is 0. The number of nitrogens with zero attached hydrogens (tertiary/aromatic N) is 3. The van der Waals surface area contributed by atoms with Crippen LogP contribution < -0.4 is 4.74 Å². The summed E-state index contributed by atoms with van der Waals surface area (Å²) in [5, 5.41) is 10.5. The van der Waals surface area contributed by atoms with E-state index >= 15 is 0 Å². The Morgan fingerprint density at radius 3 is 2.93 bits per heavy atom. The minimum Gasteiger partial charge on any atom is -0.504 e. The number of benzene rings is 1. The fourth-order valence-corrected chi connectivity index (χ4v) is 3.62. The number of aromatic nitrogens is 2. The Morgan fingerprint density at radius 2 is 2.15 bits per heavy atom. The van der Waals surface area contributed by atoms with Crippen molar-refractivity contribution in [3.8, 4) is 22.8 Å². The number of aryl methyl sites for hydroxylation is 2. The maximum absolute atomic E-state index is 12.8. The lowest BCUT2D eigenvalue weighted by Gasteiger charge is -2.23. The summed E-state index contributed by atoms with van der Waals surface area (Å²) in [5.74, 6) is 0.493. The summed E-state index contributed by atoms with van der Waals surface area (Å²) in [6, 6.07) is 3.58. The van der Waals surface area contributed by atoms with Crippen molar-refractivity contribution in [3.63, 3.8) is 0 Å². The van der Waals surface area contributed by atoms with Gasteiger partial charge in [0.15, 0.2) is 11.5 Å². The van der Waals surface area contributed by atoms with Crippen molar-refractivity contribution in [3.05, 3.63) is 35.3 Å². The standard InChI is InChI=1S/C20H23N3O4/c1-12-9-21-13(2)18(22-12)15-7-16-10-23(20(25)14-3-5-26-11-14)4-6-27-19(16)17(24)8-15/h7-9,14,24H,3-6,10-11H2,1-2H3/t14-/m1/s1. The lowest BCUT2D eigenvalue weighted by Crippen LogP contribution is -2.37. The third-order valence-electron chi connectivity index (χ3n) is 5.05. The van der Waals surface area contributed by atoms with Gasteiger partial charge in [0.1, 0.15) is 6.61 Å². The molecule has 2 aliphatic rings. The van der Waals surface area contributed by atoms with Crippen LogP contribution in [0.25, 0.3) is 11.3 Å². The number of hydrogen-bond donors (Lipinski definition) is 1. The first-order valence-corrected chi connectivity index (χ1v) is 9.19. The number of ether oxygens (including phenoxy) is 2. The van der Waals surface area contributed by atoms with Crippen molar-refractivity contribution in [1.82, 2.24) is 14.9 Å². The van der Waals surface area contributed by atoms with Gasteiger partial charge in [-0.3, -0.25) is 9.78 Å². The van der Waals surface area contributed by atoms with Crippen LogP contribution in [0.5, 0.6) is 11.5 Å². The molecule has 3 heterocycles. The molecule has 0 aliphatic carbocycles. The SMILES string of the molecule is Cc1cnc(C)c(-c2cc(O)c3c(c2)CN(C(=O)[C@@H]2CCOC2)CCO3)n1. The summed E-state index contributed by atoms with van der Waals surface area (Å²) in [5.41, 5.74) is 3.85. The normalized spacial score (nSPS) is 19.3. The molecule has 1 atom stereocenters. The van der Waals surface area contributed by atoms with Crippen LogP contribution in [-0.2, 0) is 16.1 Å². The molecule has 1 aromatic heterocycles. The second-order valence-corrected chi connectivity index (χ2v) is 7.10. The first-order chi connectivity index (χ1) is 13.0. The second-order valence-electron chi connectivity index (χ2n) is 7.10. The van der Waals surface area contributed by atoms with Crippen molar-refractivity contribution in [2.24, 2.45) is 5.92 Å². The molecule has 1 fully saturated rings. The van der Waals surface area contributed by atoms with Gasteiger partial charge >= 0.3 is 0 Å². The van der Waals surface area contributed by atoms with E-state index in [1.807, 2.05) is 19.9 Å². The predicted molar refractivity (Wildman–Crippen MR) is 98.4 cm³/mol. The quantitative estimate of drug-likeness (QED) is 0.874. The number of carbonyl (C=O) groups is 1. The fourth-order valence-electron chi connectivity index (χ4n) is 3.62. The van der Waals surface area contributed by atoms with Crippen LogP contribution in [0.1, 0.15) is 23.4 Å². The number of aromatic hydroxyl groups is 1. The zero-order chi connectivity index (χ0) is 19.0. The van der Waals surface area contributed by atoms with E-state index in [9.17, 15) is 9.90 Å². The highest BCUT2D eigenvalue weighted by molar-refractivity contribution is 5.79. The topological polar surface area (TPSA) is 84.8 Å². The van der Waals surface area contributed by atoms with Crippen LogP contribution >= 0.6 is 0 Å². The van der Waals surface area contributed by atoms with Crippen molar-refractivity contribution in [2.45, 2.75) is 26.8 Å². The van der Waals surface area contributed by atoms with E-state index in [2.05, 4.69) is 9.97 Å². The van der Waals surface area contributed by atoms with Gasteiger partial charge in [-0.15, -0.1) is 0 Å². The van der Waals surface area contributed by atoms with Gasteiger partial charge < -0.3 is 19.5 Å².